The number of carbonyl (C=O) groups is 2. The van der Waals surface area contributed by atoms with E-state index in [0.29, 0.717) is 66.7 Å². The Morgan fingerprint density at radius 3 is 2.28 bits per heavy atom. The summed E-state index contributed by atoms with van der Waals surface area (Å²) < 4.78 is 16.9. The topological polar surface area (TPSA) is 68.3 Å². The SMILES string of the molecule is O=C(COc1ccc(Cl)cc1)N1CCN(C(=O)Cc2cc(Cl)c3c(c2)OCCCO3)CC1. The molecule has 170 valence electrons. The van der Waals surface area contributed by atoms with Gasteiger partial charge in [0.15, 0.2) is 18.1 Å². The van der Waals surface area contributed by atoms with E-state index >= 15 is 0 Å². The number of halogens is 2. The van der Waals surface area contributed by atoms with Gasteiger partial charge in [0.1, 0.15) is 5.75 Å². The molecule has 0 aliphatic carbocycles. The van der Waals surface area contributed by atoms with Crippen molar-refractivity contribution in [3.05, 3.63) is 52.0 Å². The Labute approximate surface area is 196 Å². The fourth-order valence-electron chi connectivity index (χ4n) is 3.65. The first kappa shape index (κ1) is 22.6. The van der Waals surface area contributed by atoms with Gasteiger partial charge in [-0.05, 0) is 42.0 Å². The van der Waals surface area contributed by atoms with Gasteiger partial charge in [-0.15, -0.1) is 0 Å². The largest absolute Gasteiger partial charge is 0.489 e. The average molecular weight is 479 g/mol. The summed E-state index contributed by atoms with van der Waals surface area (Å²) in [6.07, 6.45) is 0.997. The van der Waals surface area contributed by atoms with Crippen LogP contribution in [0.1, 0.15) is 12.0 Å². The van der Waals surface area contributed by atoms with E-state index in [4.69, 9.17) is 37.4 Å². The van der Waals surface area contributed by atoms with E-state index in [0.717, 1.165) is 12.0 Å². The fourth-order valence-corrected chi connectivity index (χ4v) is 4.06. The standard InChI is InChI=1S/C23H24Cl2N2O5/c24-17-2-4-18(5-3-17)32-15-22(29)27-8-6-26(7-9-27)21(28)14-16-12-19(25)23-20(13-16)30-10-1-11-31-23/h2-5,12-13H,1,6-11,14-15H2. The molecule has 2 aromatic carbocycles. The lowest BCUT2D eigenvalue weighted by molar-refractivity contribution is -0.140. The van der Waals surface area contributed by atoms with Gasteiger partial charge in [0.25, 0.3) is 5.91 Å². The molecule has 2 aliphatic rings. The van der Waals surface area contributed by atoms with Crippen LogP contribution >= 0.6 is 23.2 Å². The molecule has 2 amide bonds. The van der Waals surface area contributed by atoms with Crippen LogP contribution in [-0.4, -0.2) is 67.6 Å². The Hall–Kier alpha value is -2.64. The predicted octanol–water partition coefficient (Wildman–Crippen LogP) is 3.45. The Morgan fingerprint density at radius 1 is 0.906 bits per heavy atom. The van der Waals surface area contributed by atoms with E-state index in [-0.39, 0.29) is 24.8 Å². The zero-order chi connectivity index (χ0) is 22.5. The third-order valence-electron chi connectivity index (χ3n) is 5.38. The van der Waals surface area contributed by atoms with Crippen molar-refractivity contribution < 1.29 is 23.8 Å². The summed E-state index contributed by atoms with van der Waals surface area (Å²) in [4.78, 5) is 28.7. The summed E-state index contributed by atoms with van der Waals surface area (Å²) in [5.74, 6) is 1.58. The molecule has 2 aromatic rings. The first-order valence-corrected chi connectivity index (χ1v) is 11.3. The van der Waals surface area contributed by atoms with Crippen LogP contribution in [0.25, 0.3) is 0 Å². The number of carbonyl (C=O) groups excluding carboxylic acids is 2. The second-order valence-corrected chi connectivity index (χ2v) is 8.48. The monoisotopic (exact) mass is 478 g/mol. The van der Waals surface area contributed by atoms with Gasteiger partial charge in [-0.25, -0.2) is 0 Å². The normalized spacial score (nSPS) is 15.8. The molecule has 0 unspecified atom stereocenters. The van der Waals surface area contributed by atoms with Gasteiger partial charge >= 0.3 is 0 Å². The van der Waals surface area contributed by atoms with E-state index in [1.54, 1.807) is 40.1 Å². The number of hydrogen-bond donors (Lipinski definition) is 0. The Morgan fingerprint density at radius 2 is 1.56 bits per heavy atom. The van der Waals surface area contributed by atoms with Crippen LogP contribution in [0.15, 0.2) is 36.4 Å². The van der Waals surface area contributed by atoms with Crippen molar-refractivity contribution in [2.75, 3.05) is 46.0 Å². The molecule has 0 radical (unpaired) electrons. The van der Waals surface area contributed by atoms with Crippen molar-refractivity contribution in [3.63, 3.8) is 0 Å². The van der Waals surface area contributed by atoms with E-state index in [1.165, 1.54) is 0 Å². The third-order valence-corrected chi connectivity index (χ3v) is 5.91. The van der Waals surface area contributed by atoms with Crippen molar-refractivity contribution in [1.29, 1.82) is 0 Å². The summed E-state index contributed by atoms with van der Waals surface area (Å²) in [5.41, 5.74) is 0.777. The first-order valence-electron chi connectivity index (χ1n) is 10.5. The summed E-state index contributed by atoms with van der Waals surface area (Å²) in [7, 11) is 0. The molecule has 0 atom stereocenters. The summed E-state index contributed by atoms with van der Waals surface area (Å²) in [6.45, 7) is 2.95. The minimum absolute atomic E-state index is 0.0138. The molecule has 9 heteroatoms. The summed E-state index contributed by atoms with van der Waals surface area (Å²) in [5, 5.41) is 1.06. The van der Waals surface area contributed by atoms with Gasteiger partial charge in [-0.1, -0.05) is 23.2 Å². The highest BCUT2D eigenvalue weighted by atomic mass is 35.5. The van der Waals surface area contributed by atoms with Crippen molar-refractivity contribution in [2.24, 2.45) is 0 Å². The van der Waals surface area contributed by atoms with Gasteiger partial charge in [0, 0.05) is 37.6 Å². The van der Waals surface area contributed by atoms with Crippen LogP contribution in [0.4, 0.5) is 0 Å². The van der Waals surface area contributed by atoms with E-state index in [2.05, 4.69) is 0 Å². The van der Waals surface area contributed by atoms with E-state index in [1.807, 2.05) is 6.07 Å². The van der Waals surface area contributed by atoms with Crippen LogP contribution in [0.3, 0.4) is 0 Å². The van der Waals surface area contributed by atoms with Crippen LogP contribution < -0.4 is 14.2 Å². The molecule has 4 rings (SSSR count). The first-order chi connectivity index (χ1) is 15.5. The second-order valence-electron chi connectivity index (χ2n) is 7.64. The van der Waals surface area contributed by atoms with Crippen LogP contribution in [0.5, 0.6) is 17.2 Å². The molecule has 7 nitrogen and oxygen atoms in total. The van der Waals surface area contributed by atoms with Crippen molar-refractivity contribution in [1.82, 2.24) is 9.80 Å². The van der Waals surface area contributed by atoms with Crippen molar-refractivity contribution >= 4 is 35.0 Å². The fraction of sp³-hybridized carbons (Fsp3) is 0.391. The third kappa shape index (κ3) is 5.58. The van der Waals surface area contributed by atoms with Gasteiger partial charge in [-0.3, -0.25) is 9.59 Å². The maximum absolute atomic E-state index is 12.8. The molecule has 2 heterocycles. The lowest BCUT2D eigenvalue weighted by atomic mass is 10.1. The Bertz CT molecular complexity index is 975. The van der Waals surface area contributed by atoms with Gasteiger partial charge < -0.3 is 24.0 Å². The number of piperazine rings is 1. The molecule has 32 heavy (non-hydrogen) atoms. The highest BCUT2D eigenvalue weighted by Gasteiger charge is 2.25. The molecule has 0 saturated carbocycles. The van der Waals surface area contributed by atoms with Crippen molar-refractivity contribution in [2.45, 2.75) is 12.8 Å². The minimum Gasteiger partial charge on any atom is -0.489 e. The number of amides is 2. The average Bonchev–Trinajstić information content (AvgIpc) is 3.04. The molecule has 2 aliphatic heterocycles. The van der Waals surface area contributed by atoms with Gasteiger partial charge in [0.2, 0.25) is 5.91 Å². The smallest absolute Gasteiger partial charge is 0.260 e. The molecule has 1 saturated heterocycles. The maximum Gasteiger partial charge on any atom is 0.260 e. The zero-order valence-electron chi connectivity index (χ0n) is 17.5. The number of benzene rings is 2. The molecule has 0 N–H and O–H groups in total. The summed E-state index contributed by atoms with van der Waals surface area (Å²) in [6, 6.07) is 10.4. The highest BCUT2D eigenvalue weighted by molar-refractivity contribution is 6.32. The number of rotatable bonds is 5. The molecule has 0 spiro atoms. The summed E-state index contributed by atoms with van der Waals surface area (Å²) >= 11 is 12.2. The molecule has 0 bridgehead atoms. The molecule has 0 aromatic heterocycles. The predicted molar refractivity (Wildman–Crippen MR) is 121 cm³/mol. The van der Waals surface area contributed by atoms with Gasteiger partial charge in [0.05, 0.1) is 24.7 Å². The molecular weight excluding hydrogens is 455 g/mol. The zero-order valence-corrected chi connectivity index (χ0v) is 19.0. The Balaban J connectivity index is 1.27. The van der Waals surface area contributed by atoms with Crippen molar-refractivity contribution in [3.8, 4) is 17.2 Å². The Kier molecular flexibility index (Phi) is 7.27. The molecule has 1 fully saturated rings. The van der Waals surface area contributed by atoms with E-state index in [9.17, 15) is 9.59 Å². The minimum atomic E-state index is -0.110. The maximum atomic E-state index is 12.8. The van der Waals surface area contributed by atoms with E-state index < -0.39 is 0 Å². The number of hydrogen-bond acceptors (Lipinski definition) is 5. The quantitative estimate of drug-likeness (QED) is 0.658. The highest BCUT2D eigenvalue weighted by Crippen LogP contribution is 2.38. The van der Waals surface area contributed by atoms with Gasteiger partial charge in [-0.2, -0.15) is 0 Å². The number of ether oxygens (including phenoxy) is 3. The number of fused-ring (bicyclic) bond motifs is 1. The lowest BCUT2D eigenvalue weighted by Crippen LogP contribution is -2.52. The van der Waals surface area contributed by atoms with Crippen LogP contribution in [0, 0.1) is 0 Å². The molecular formula is C23H24Cl2N2O5. The second kappa shape index (κ2) is 10.3. The van der Waals surface area contributed by atoms with Crippen LogP contribution in [-0.2, 0) is 16.0 Å². The number of nitrogens with zero attached hydrogens (tertiary/aromatic N) is 2. The lowest BCUT2D eigenvalue weighted by Gasteiger charge is -2.34. The van der Waals surface area contributed by atoms with Crippen LogP contribution in [0.2, 0.25) is 10.0 Å².